The molecule has 1 aromatic rings. The molecular formula is C15H20N2O7. The summed E-state index contributed by atoms with van der Waals surface area (Å²) in [5.41, 5.74) is 0. The van der Waals surface area contributed by atoms with E-state index in [4.69, 9.17) is 9.15 Å². The van der Waals surface area contributed by atoms with Crippen LogP contribution in [0, 0.1) is 5.92 Å². The Kier molecular flexibility index (Phi) is 6.97. The van der Waals surface area contributed by atoms with Gasteiger partial charge in [0.25, 0.3) is 11.8 Å². The number of rotatable bonds is 6. The molecule has 0 bridgehead atoms. The standard InChI is InChI=1S/C15H20N2O7/c1-8(2)11(16-13(19)10-6-5-7-23-10)14(20)24-9(3)12(18)17-15(21)22-4/h5-9,11H,1-4H3,(H,16,19)(H,17,18,21)/t9-,11-/m0/s1. The van der Waals surface area contributed by atoms with Gasteiger partial charge in [-0.2, -0.15) is 0 Å². The number of ether oxygens (including phenoxy) is 2. The van der Waals surface area contributed by atoms with Gasteiger partial charge in [-0.25, -0.2) is 9.59 Å². The summed E-state index contributed by atoms with van der Waals surface area (Å²) in [7, 11) is 1.10. The van der Waals surface area contributed by atoms with Gasteiger partial charge in [0.1, 0.15) is 6.04 Å². The van der Waals surface area contributed by atoms with Crippen LogP contribution >= 0.6 is 0 Å². The number of furan rings is 1. The Morgan fingerprint density at radius 3 is 2.33 bits per heavy atom. The van der Waals surface area contributed by atoms with E-state index in [9.17, 15) is 19.2 Å². The number of esters is 1. The quantitative estimate of drug-likeness (QED) is 0.736. The lowest BCUT2D eigenvalue weighted by atomic mass is 10.0. The summed E-state index contributed by atoms with van der Waals surface area (Å²) >= 11 is 0. The van der Waals surface area contributed by atoms with Gasteiger partial charge < -0.3 is 19.2 Å². The van der Waals surface area contributed by atoms with E-state index in [0.717, 1.165) is 7.11 Å². The van der Waals surface area contributed by atoms with E-state index in [1.807, 2.05) is 5.32 Å². The molecule has 0 saturated heterocycles. The summed E-state index contributed by atoms with van der Waals surface area (Å²) in [6, 6.07) is 2.00. The highest BCUT2D eigenvalue weighted by Gasteiger charge is 2.30. The van der Waals surface area contributed by atoms with Crippen molar-refractivity contribution in [1.82, 2.24) is 10.6 Å². The SMILES string of the molecule is COC(=O)NC(=O)[C@H](C)OC(=O)[C@@H](NC(=O)c1ccco1)C(C)C. The van der Waals surface area contributed by atoms with Crippen LogP contribution in [0.5, 0.6) is 0 Å². The van der Waals surface area contributed by atoms with Crippen molar-refractivity contribution in [2.24, 2.45) is 5.92 Å². The number of carbonyl (C=O) groups is 4. The second-order valence-corrected chi connectivity index (χ2v) is 5.23. The van der Waals surface area contributed by atoms with Crippen LogP contribution in [0.25, 0.3) is 0 Å². The maximum atomic E-state index is 12.2. The number of carbonyl (C=O) groups excluding carboxylic acids is 4. The summed E-state index contributed by atoms with van der Waals surface area (Å²) in [6.45, 7) is 4.70. The lowest BCUT2D eigenvalue weighted by Gasteiger charge is -2.22. The molecule has 0 spiro atoms. The Morgan fingerprint density at radius 2 is 1.83 bits per heavy atom. The van der Waals surface area contributed by atoms with Gasteiger partial charge >= 0.3 is 12.1 Å². The van der Waals surface area contributed by atoms with E-state index in [1.165, 1.54) is 25.3 Å². The van der Waals surface area contributed by atoms with Gasteiger partial charge in [-0.3, -0.25) is 14.9 Å². The molecule has 9 nitrogen and oxygen atoms in total. The Hall–Kier alpha value is -2.84. The zero-order valence-corrected chi connectivity index (χ0v) is 13.8. The normalized spacial score (nSPS) is 12.9. The highest BCUT2D eigenvalue weighted by atomic mass is 16.6. The fourth-order valence-corrected chi connectivity index (χ4v) is 1.67. The molecule has 1 aromatic heterocycles. The number of hydrogen-bond acceptors (Lipinski definition) is 7. The molecule has 0 unspecified atom stereocenters. The van der Waals surface area contributed by atoms with Crippen LogP contribution in [0.4, 0.5) is 4.79 Å². The number of amides is 3. The third-order valence-corrected chi connectivity index (χ3v) is 3.02. The maximum Gasteiger partial charge on any atom is 0.413 e. The summed E-state index contributed by atoms with van der Waals surface area (Å²) in [4.78, 5) is 46.8. The number of methoxy groups -OCH3 is 1. The lowest BCUT2D eigenvalue weighted by Crippen LogP contribution is -2.48. The lowest BCUT2D eigenvalue weighted by molar-refractivity contribution is -0.157. The summed E-state index contributed by atoms with van der Waals surface area (Å²) in [5.74, 6) is -2.48. The van der Waals surface area contributed by atoms with Crippen molar-refractivity contribution >= 4 is 23.9 Å². The van der Waals surface area contributed by atoms with Crippen LogP contribution in [0.15, 0.2) is 22.8 Å². The molecule has 2 atom stereocenters. The minimum Gasteiger partial charge on any atom is -0.459 e. The molecular weight excluding hydrogens is 320 g/mol. The number of hydrogen-bond donors (Lipinski definition) is 2. The Morgan fingerprint density at radius 1 is 1.17 bits per heavy atom. The van der Waals surface area contributed by atoms with E-state index in [2.05, 4.69) is 10.1 Å². The molecule has 0 aliphatic carbocycles. The molecule has 24 heavy (non-hydrogen) atoms. The first-order valence-electron chi connectivity index (χ1n) is 7.20. The van der Waals surface area contributed by atoms with E-state index < -0.39 is 36.0 Å². The van der Waals surface area contributed by atoms with E-state index in [0.29, 0.717) is 0 Å². The predicted octanol–water partition coefficient (Wildman–Crippen LogP) is 0.848. The van der Waals surface area contributed by atoms with Crippen molar-refractivity contribution in [2.75, 3.05) is 7.11 Å². The summed E-state index contributed by atoms with van der Waals surface area (Å²) in [5, 5.41) is 4.37. The monoisotopic (exact) mass is 340 g/mol. The van der Waals surface area contributed by atoms with Crippen molar-refractivity contribution < 1.29 is 33.1 Å². The number of alkyl carbamates (subject to hydrolysis) is 1. The first kappa shape index (κ1) is 19.2. The molecule has 0 saturated carbocycles. The van der Waals surface area contributed by atoms with Gasteiger partial charge in [0, 0.05) is 0 Å². The second-order valence-electron chi connectivity index (χ2n) is 5.23. The van der Waals surface area contributed by atoms with Crippen LogP contribution in [0.1, 0.15) is 31.3 Å². The fourth-order valence-electron chi connectivity index (χ4n) is 1.67. The van der Waals surface area contributed by atoms with Crippen molar-refractivity contribution in [2.45, 2.75) is 32.9 Å². The molecule has 0 fully saturated rings. The first-order chi connectivity index (χ1) is 11.3. The van der Waals surface area contributed by atoms with Crippen molar-refractivity contribution in [1.29, 1.82) is 0 Å². The van der Waals surface area contributed by atoms with Gasteiger partial charge in [0.15, 0.2) is 11.9 Å². The zero-order valence-electron chi connectivity index (χ0n) is 13.8. The molecule has 0 aromatic carbocycles. The Bertz CT molecular complexity index is 595. The van der Waals surface area contributed by atoms with E-state index >= 15 is 0 Å². The van der Waals surface area contributed by atoms with Gasteiger partial charge in [-0.05, 0) is 25.0 Å². The average molecular weight is 340 g/mol. The van der Waals surface area contributed by atoms with Crippen molar-refractivity contribution in [3.63, 3.8) is 0 Å². The average Bonchev–Trinajstić information content (AvgIpc) is 3.05. The highest BCUT2D eigenvalue weighted by Crippen LogP contribution is 2.08. The Balaban J connectivity index is 2.68. The molecule has 1 rings (SSSR count). The van der Waals surface area contributed by atoms with Crippen molar-refractivity contribution in [3.05, 3.63) is 24.2 Å². The molecule has 132 valence electrons. The highest BCUT2D eigenvalue weighted by molar-refractivity contribution is 5.97. The van der Waals surface area contributed by atoms with Crippen LogP contribution in [0.2, 0.25) is 0 Å². The molecule has 0 radical (unpaired) electrons. The molecule has 3 amide bonds. The third kappa shape index (κ3) is 5.41. The third-order valence-electron chi connectivity index (χ3n) is 3.02. The van der Waals surface area contributed by atoms with Crippen LogP contribution < -0.4 is 10.6 Å². The Labute approximate surface area is 138 Å². The molecule has 0 aliphatic heterocycles. The van der Waals surface area contributed by atoms with Gasteiger partial charge in [0.2, 0.25) is 0 Å². The van der Waals surface area contributed by atoms with Crippen LogP contribution in [0.3, 0.4) is 0 Å². The van der Waals surface area contributed by atoms with Gasteiger partial charge in [-0.15, -0.1) is 0 Å². The molecule has 0 aliphatic rings. The maximum absolute atomic E-state index is 12.2. The first-order valence-corrected chi connectivity index (χ1v) is 7.20. The van der Waals surface area contributed by atoms with E-state index in [-0.39, 0.29) is 11.7 Å². The zero-order chi connectivity index (χ0) is 18.3. The second kappa shape index (κ2) is 8.70. The topological polar surface area (TPSA) is 124 Å². The summed E-state index contributed by atoms with van der Waals surface area (Å²) < 4.78 is 14.2. The minimum absolute atomic E-state index is 0.0462. The van der Waals surface area contributed by atoms with E-state index in [1.54, 1.807) is 13.8 Å². The molecule has 1 heterocycles. The predicted molar refractivity (Wildman–Crippen MR) is 80.9 cm³/mol. The summed E-state index contributed by atoms with van der Waals surface area (Å²) in [6.07, 6.45) is -0.871. The van der Waals surface area contributed by atoms with Gasteiger partial charge in [-0.1, -0.05) is 13.8 Å². The van der Waals surface area contributed by atoms with Crippen molar-refractivity contribution in [3.8, 4) is 0 Å². The number of imide groups is 1. The van der Waals surface area contributed by atoms with Crippen LogP contribution in [-0.4, -0.2) is 43.1 Å². The fraction of sp³-hybridized carbons (Fsp3) is 0.467. The number of nitrogens with one attached hydrogen (secondary N) is 2. The smallest absolute Gasteiger partial charge is 0.413 e. The van der Waals surface area contributed by atoms with Crippen LogP contribution in [-0.2, 0) is 19.1 Å². The largest absolute Gasteiger partial charge is 0.459 e. The minimum atomic E-state index is -1.24. The molecule has 9 heteroatoms. The van der Waals surface area contributed by atoms with Gasteiger partial charge in [0.05, 0.1) is 13.4 Å². The molecule has 2 N–H and O–H groups in total.